The molecule has 0 bridgehead atoms. The summed E-state index contributed by atoms with van der Waals surface area (Å²) in [6, 6.07) is 6.67. The molecule has 0 unspecified atom stereocenters. The Bertz CT molecular complexity index is 563. The highest BCUT2D eigenvalue weighted by Gasteiger charge is 2.29. The molecule has 0 aromatic heterocycles. The van der Waals surface area contributed by atoms with Crippen molar-refractivity contribution in [1.82, 2.24) is 4.89 Å². The molecule has 9 heteroatoms. The van der Waals surface area contributed by atoms with Crippen molar-refractivity contribution < 1.29 is 26.4 Å². The molecule has 1 aromatic rings. The second-order valence-electron chi connectivity index (χ2n) is 3.10. The molecule has 0 saturated carbocycles. The summed E-state index contributed by atoms with van der Waals surface area (Å²) in [6.45, 7) is -1.76. The van der Waals surface area contributed by atoms with Gasteiger partial charge in [-0.3, -0.25) is 4.84 Å². The number of nitrogens with zero attached hydrogens (tertiary/aromatic N) is 1. The monoisotopic (exact) mass is 280 g/mol. The topological polar surface area (TPSA) is 79.2 Å². The number of benzene rings is 1. The number of halogens is 3. The summed E-state index contributed by atoms with van der Waals surface area (Å²) in [6.07, 6.45) is -4.66. The molecule has 18 heavy (non-hydrogen) atoms. The Balaban J connectivity index is 2.85. The van der Waals surface area contributed by atoms with Crippen molar-refractivity contribution in [3.63, 3.8) is 0 Å². The molecule has 0 aliphatic carbocycles. The fraction of sp³-hybridized carbons (Fsp3) is 0.222. The van der Waals surface area contributed by atoms with E-state index < -0.39 is 27.7 Å². The van der Waals surface area contributed by atoms with Gasteiger partial charge in [0.05, 0.1) is 5.56 Å². The van der Waals surface area contributed by atoms with Crippen LogP contribution in [0.1, 0.15) is 5.56 Å². The summed E-state index contributed by atoms with van der Waals surface area (Å²) in [5.41, 5.74) is -0.194. The van der Waals surface area contributed by atoms with Crippen LogP contribution in [0.15, 0.2) is 29.2 Å². The van der Waals surface area contributed by atoms with Crippen LogP contribution in [0.5, 0.6) is 0 Å². The number of nitriles is 1. The van der Waals surface area contributed by atoms with Crippen LogP contribution in [0, 0.1) is 11.3 Å². The summed E-state index contributed by atoms with van der Waals surface area (Å²) in [5, 5.41) is 8.67. The Labute approximate surface area is 101 Å². The van der Waals surface area contributed by atoms with E-state index in [0.29, 0.717) is 0 Å². The molecular formula is C9H7F3N2O3S. The van der Waals surface area contributed by atoms with E-state index in [-0.39, 0.29) is 5.56 Å². The van der Waals surface area contributed by atoms with Gasteiger partial charge in [0, 0.05) is 0 Å². The minimum Gasteiger partial charge on any atom is -0.277 e. The first-order chi connectivity index (χ1) is 8.26. The van der Waals surface area contributed by atoms with Crippen LogP contribution in [-0.2, 0) is 14.9 Å². The number of rotatable bonds is 4. The van der Waals surface area contributed by atoms with Crippen molar-refractivity contribution >= 4 is 10.0 Å². The van der Waals surface area contributed by atoms with E-state index >= 15 is 0 Å². The van der Waals surface area contributed by atoms with Crippen molar-refractivity contribution in [2.24, 2.45) is 0 Å². The van der Waals surface area contributed by atoms with Gasteiger partial charge in [-0.1, -0.05) is 17.0 Å². The maximum atomic E-state index is 11.8. The third-order valence-electron chi connectivity index (χ3n) is 1.70. The minimum atomic E-state index is -4.66. The molecule has 0 heterocycles. The van der Waals surface area contributed by atoms with Crippen LogP contribution >= 0.6 is 0 Å². The van der Waals surface area contributed by atoms with Crippen molar-refractivity contribution in [3.8, 4) is 6.07 Å². The van der Waals surface area contributed by atoms with Gasteiger partial charge in [-0.05, 0) is 12.1 Å². The zero-order chi connectivity index (χ0) is 13.8. The Morgan fingerprint density at radius 3 is 2.50 bits per heavy atom. The first kappa shape index (κ1) is 14.4. The normalized spacial score (nSPS) is 12.1. The van der Waals surface area contributed by atoms with Gasteiger partial charge in [-0.15, -0.1) is 0 Å². The summed E-state index contributed by atoms with van der Waals surface area (Å²) < 4.78 is 58.4. The molecule has 1 aromatic carbocycles. The van der Waals surface area contributed by atoms with Crippen molar-refractivity contribution in [2.75, 3.05) is 6.61 Å². The van der Waals surface area contributed by atoms with Crippen LogP contribution in [0.25, 0.3) is 0 Å². The summed E-state index contributed by atoms with van der Waals surface area (Å²) in [5.74, 6) is 0. The SMILES string of the molecule is N#Cc1ccccc1S(=O)(=O)NOCC(F)(F)F. The van der Waals surface area contributed by atoms with E-state index in [1.165, 1.54) is 23.1 Å². The summed E-state index contributed by atoms with van der Waals surface area (Å²) >= 11 is 0. The lowest BCUT2D eigenvalue weighted by molar-refractivity contribution is -0.181. The molecule has 0 fully saturated rings. The predicted molar refractivity (Wildman–Crippen MR) is 53.5 cm³/mol. The predicted octanol–water partition coefficient (Wildman–Crippen LogP) is 1.33. The quantitative estimate of drug-likeness (QED) is 0.844. The number of hydrogen-bond donors (Lipinski definition) is 1. The minimum absolute atomic E-state index is 0.194. The van der Waals surface area contributed by atoms with Gasteiger partial charge >= 0.3 is 6.18 Å². The molecule has 0 spiro atoms. The van der Waals surface area contributed by atoms with E-state index in [1.807, 2.05) is 0 Å². The number of nitrogens with one attached hydrogen (secondary N) is 1. The van der Waals surface area contributed by atoms with Gasteiger partial charge in [-0.2, -0.15) is 18.4 Å². The molecular weight excluding hydrogens is 273 g/mol. The zero-order valence-electron chi connectivity index (χ0n) is 8.73. The average Bonchev–Trinajstić information content (AvgIpc) is 2.27. The van der Waals surface area contributed by atoms with Gasteiger partial charge in [0.15, 0.2) is 6.61 Å². The third kappa shape index (κ3) is 3.99. The lowest BCUT2D eigenvalue weighted by Crippen LogP contribution is -2.30. The van der Waals surface area contributed by atoms with Crippen LogP contribution in [0.2, 0.25) is 0 Å². The first-order valence-electron chi connectivity index (χ1n) is 4.46. The van der Waals surface area contributed by atoms with Crippen molar-refractivity contribution in [3.05, 3.63) is 29.8 Å². The Morgan fingerprint density at radius 2 is 1.94 bits per heavy atom. The van der Waals surface area contributed by atoms with Crippen LogP contribution < -0.4 is 4.89 Å². The summed E-state index contributed by atoms with van der Waals surface area (Å²) in [7, 11) is -4.32. The highest BCUT2D eigenvalue weighted by molar-refractivity contribution is 7.89. The Hall–Kier alpha value is -1.63. The van der Waals surface area contributed by atoms with Gasteiger partial charge in [0.2, 0.25) is 0 Å². The fourth-order valence-corrected chi connectivity index (χ4v) is 1.99. The Kier molecular flexibility index (Phi) is 4.28. The molecule has 0 amide bonds. The zero-order valence-corrected chi connectivity index (χ0v) is 9.55. The van der Waals surface area contributed by atoms with E-state index in [0.717, 1.165) is 6.07 Å². The summed E-state index contributed by atoms with van der Waals surface area (Å²) in [4.78, 5) is 4.70. The molecule has 0 aliphatic heterocycles. The van der Waals surface area contributed by atoms with Crippen LogP contribution in [0.4, 0.5) is 13.2 Å². The largest absolute Gasteiger partial charge is 0.413 e. The van der Waals surface area contributed by atoms with E-state index in [2.05, 4.69) is 4.84 Å². The molecule has 1 rings (SSSR count). The molecule has 0 saturated heterocycles. The first-order valence-corrected chi connectivity index (χ1v) is 5.94. The van der Waals surface area contributed by atoms with Gasteiger partial charge in [0.1, 0.15) is 11.0 Å². The number of alkyl halides is 3. The van der Waals surface area contributed by atoms with Gasteiger partial charge < -0.3 is 0 Å². The lowest BCUT2D eigenvalue weighted by atomic mass is 10.2. The van der Waals surface area contributed by atoms with Crippen molar-refractivity contribution in [2.45, 2.75) is 11.1 Å². The molecule has 5 nitrogen and oxygen atoms in total. The lowest BCUT2D eigenvalue weighted by Gasteiger charge is -2.09. The van der Waals surface area contributed by atoms with E-state index in [9.17, 15) is 21.6 Å². The molecule has 0 aliphatic rings. The average molecular weight is 280 g/mol. The number of sulfonamides is 1. The maximum Gasteiger partial charge on any atom is 0.413 e. The fourth-order valence-electron chi connectivity index (χ4n) is 1.03. The number of hydrogen-bond acceptors (Lipinski definition) is 4. The van der Waals surface area contributed by atoms with E-state index in [1.54, 1.807) is 6.07 Å². The molecule has 1 N–H and O–H groups in total. The van der Waals surface area contributed by atoms with E-state index in [4.69, 9.17) is 5.26 Å². The second-order valence-corrected chi connectivity index (χ2v) is 4.71. The smallest absolute Gasteiger partial charge is 0.277 e. The molecule has 0 atom stereocenters. The maximum absolute atomic E-state index is 11.8. The van der Waals surface area contributed by atoms with Gasteiger partial charge in [-0.25, -0.2) is 8.42 Å². The highest BCUT2D eigenvalue weighted by atomic mass is 32.2. The third-order valence-corrected chi connectivity index (χ3v) is 2.97. The van der Waals surface area contributed by atoms with Crippen LogP contribution in [-0.4, -0.2) is 21.2 Å². The molecule has 98 valence electrons. The second kappa shape index (κ2) is 5.34. The standard InChI is InChI=1S/C9H7F3N2O3S/c10-9(11,12)6-17-14-18(15,16)8-4-2-1-3-7(8)5-13/h1-4,14H,6H2. The van der Waals surface area contributed by atoms with Crippen molar-refractivity contribution in [1.29, 1.82) is 5.26 Å². The van der Waals surface area contributed by atoms with Gasteiger partial charge in [0.25, 0.3) is 10.0 Å². The Morgan fingerprint density at radius 1 is 1.33 bits per heavy atom. The molecule has 0 radical (unpaired) electrons. The highest BCUT2D eigenvalue weighted by Crippen LogP contribution is 2.16. The van der Waals surface area contributed by atoms with Crippen LogP contribution in [0.3, 0.4) is 0 Å².